The molecule has 2 aromatic carbocycles. The lowest BCUT2D eigenvalue weighted by Gasteiger charge is -2.37. The van der Waals surface area contributed by atoms with Crippen molar-refractivity contribution in [3.63, 3.8) is 0 Å². The molecule has 2 atom stereocenters. The van der Waals surface area contributed by atoms with Gasteiger partial charge in [-0.1, -0.05) is 26.0 Å². The minimum atomic E-state index is -5.16. The van der Waals surface area contributed by atoms with Crippen molar-refractivity contribution in [1.82, 2.24) is 4.90 Å². The first-order chi connectivity index (χ1) is 19.4. The highest BCUT2D eigenvalue weighted by atomic mass is 19.4. The number of alkyl halides is 9. The fourth-order valence-corrected chi connectivity index (χ4v) is 4.32. The largest absolute Gasteiger partial charge is 0.418 e. The van der Waals surface area contributed by atoms with E-state index in [0.717, 1.165) is 24.6 Å². The summed E-state index contributed by atoms with van der Waals surface area (Å²) in [6.07, 6.45) is -16.3. The second-order valence-corrected chi connectivity index (χ2v) is 9.78. The highest BCUT2D eigenvalue weighted by Crippen LogP contribution is 2.39. The van der Waals surface area contributed by atoms with Gasteiger partial charge in [0.15, 0.2) is 6.10 Å². The van der Waals surface area contributed by atoms with E-state index in [9.17, 15) is 49.4 Å². The molecule has 0 aliphatic carbocycles. The van der Waals surface area contributed by atoms with E-state index in [1.165, 1.54) is 21.9 Å². The number of nitrogens with zero attached hydrogens (tertiary/aromatic N) is 2. The van der Waals surface area contributed by atoms with Gasteiger partial charge in [0.25, 0.3) is 0 Å². The molecule has 1 amide bonds. The van der Waals surface area contributed by atoms with Crippen molar-refractivity contribution in [2.24, 2.45) is 0 Å². The summed E-state index contributed by atoms with van der Waals surface area (Å²) in [4.78, 5) is 15.7. The lowest BCUT2D eigenvalue weighted by molar-refractivity contribution is -0.207. The van der Waals surface area contributed by atoms with Crippen LogP contribution >= 0.6 is 0 Å². The number of hydrogen-bond donors (Lipinski definition) is 2. The first-order valence-electron chi connectivity index (χ1n) is 13.2. The molecule has 0 spiro atoms. The molecule has 2 aromatic rings. The molecular weight excluding hydrogens is 583 g/mol. The number of amides is 1. The molecule has 1 aliphatic heterocycles. The molecule has 42 heavy (non-hydrogen) atoms. The SMILES string of the molecule is CCC(CC(=O)N1CCN(c2cc(C(O)C(F)(F)F)cc(C(F)(F)F)c2)CC1)c1ccc(C(F)(F)F)cc1.CCCO. The van der Waals surface area contributed by atoms with Crippen LogP contribution in [0.4, 0.5) is 45.2 Å². The van der Waals surface area contributed by atoms with Crippen LogP contribution in [-0.2, 0) is 17.1 Å². The zero-order valence-electron chi connectivity index (χ0n) is 23.0. The molecule has 1 heterocycles. The van der Waals surface area contributed by atoms with Crippen molar-refractivity contribution < 1.29 is 54.5 Å². The number of benzene rings is 2. The summed E-state index contributed by atoms with van der Waals surface area (Å²) in [6, 6.07) is 6.34. The van der Waals surface area contributed by atoms with E-state index < -0.39 is 41.3 Å². The maximum absolute atomic E-state index is 13.3. The minimum absolute atomic E-state index is 0.00729. The summed E-state index contributed by atoms with van der Waals surface area (Å²) < 4.78 is 117. The Labute approximate surface area is 237 Å². The van der Waals surface area contributed by atoms with Crippen LogP contribution in [0.5, 0.6) is 0 Å². The molecule has 5 nitrogen and oxygen atoms in total. The lowest BCUT2D eigenvalue weighted by Crippen LogP contribution is -2.49. The third-order valence-corrected chi connectivity index (χ3v) is 6.74. The van der Waals surface area contributed by atoms with Crippen molar-refractivity contribution >= 4 is 11.6 Å². The van der Waals surface area contributed by atoms with E-state index in [1.54, 1.807) is 6.92 Å². The van der Waals surface area contributed by atoms with Gasteiger partial charge >= 0.3 is 18.5 Å². The molecule has 14 heteroatoms. The maximum atomic E-state index is 13.3. The Hall–Kier alpha value is -3.00. The molecule has 0 radical (unpaired) electrons. The minimum Gasteiger partial charge on any atom is -0.396 e. The Balaban J connectivity index is 0.00000144. The zero-order chi connectivity index (χ0) is 31.9. The van der Waals surface area contributed by atoms with E-state index >= 15 is 0 Å². The predicted octanol–water partition coefficient (Wildman–Crippen LogP) is 6.94. The fraction of sp³-hybridized carbons (Fsp3) is 0.536. The van der Waals surface area contributed by atoms with E-state index in [4.69, 9.17) is 5.11 Å². The van der Waals surface area contributed by atoms with Crippen LogP contribution in [0.25, 0.3) is 0 Å². The number of piperazine rings is 1. The Kier molecular flexibility index (Phi) is 12.1. The first kappa shape index (κ1) is 35.2. The molecule has 2 N–H and O–H groups in total. The molecule has 0 saturated carbocycles. The summed E-state index contributed by atoms with van der Waals surface area (Å²) in [5, 5.41) is 17.4. The second kappa shape index (κ2) is 14.5. The molecule has 3 rings (SSSR count). The molecule has 236 valence electrons. The Morgan fingerprint density at radius 2 is 1.33 bits per heavy atom. The van der Waals surface area contributed by atoms with Gasteiger partial charge in [-0.05, 0) is 60.2 Å². The van der Waals surface area contributed by atoms with Gasteiger partial charge in [-0.25, -0.2) is 0 Å². The van der Waals surface area contributed by atoms with Crippen LogP contribution in [0.3, 0.4) is 0 Å². The van der Waals surface area contributed by atoms with Crippen LogP contribution in [0.1, 0.15) is 67.4 Å². The predicted molar refractivity (Wildman–Crippen MR) is 138 cm³/mol. The smallest absolute Gasteiger partial charge is 0.396 e. The first-order valence-corrected chi connectivity index (χ1v) is 13.2. The van der Waals surface area contributed by atoms with Gasteiger partial charge in [-0.15, -0.1) is 0 Å². The number of halogens is 9. The van der Waals surface area contributed by atoms with Crippen molar-refractivity contribution in [3.8, 4) is 0 Å². The zero-order valence-corrected chi connectivity index (χ0v) is 23.0. The standard InChI is InChI=1S/C25H25F9N2O2.C3H8O/c1-2-15(16-3-5-18(6-4-16)23(26,27)28)13-21(37)36-9-7-35(8-10-36)20-12-17(22(38)25(32,33)34)11-19(14-20)24(29,30)31;1-2-3-4/h3-6,11-12,14-15,22,38H,2,7-10,13H2,1H3;4H,2-3H2,1H3. The summed E-state index contributed by atoms with van der Waals surface area (Å²) in [5.41, 5.74) is -2.69. The van der Waals surface area contributed by atoms with Crippen LogP contribution in [0.2, 0.25) is 0 Å². The fourth-order valence-electron chi connectivity index (χ4n) is 4.32. The number of hydrogen-bond acceptors (Lipinski definition) is 4. The Morgan fingerprint density at radius 3 is 1.76 bits per heavy atom. The number of carbonyl (C=O) groups excluding carboxylic acids is 1. The van der Waals surface area contributed by atoms with Crippen molar-refractivity contribution in [3.05, 3.63) is 64.7 Å². The molecule has 1 saturated heterocycles. The molecular formula is C28H33F9N2O3. The van der Waals surface area contributed by atoms with E-state index in [2.05, 4.69) is 0 Å². The highest BCUT2D eigenvalue weighted by molar-refractivity contribution is 5.77. The topological polar surface area (TPSA) is 64.0 Å². The number of aliphatic hydroxyl groups is 2. The third kappa shape index (κ3) is 9.79. The maximum Gasteiger partial charge on any atom is 0.418 e. The quantitative estimate of drug-likeness (QED) is 0.331. The molecule has 2 unspecified atom stereocenters. The monoisotopic (exact) mass is 616 g/mol. The summed E-state index contributed by atoms with van der Waals surface area (Å²) >= 11 is 0. The van der Waals surface area contributed by atoms with Crippen LogP contribution in [-0.4, -0.2) is 60.0 Å². The second-order valence-electron chi connectivity index (χ2n) is 9.78. The van der Waals surface area contributed by atoms with Crippen molar-refractivity contribution in [2.45, 2.75) is 63.7 Å². The van der Waals surface area contributed by atoms with Gasteiger partial charge < -0.3 is 20.0 Å². The van der Waals surface area contributed by atoms with Crippen molar-refractivity contribution in [1.29, 1.82) is 0 Å². The number of aliphatic hydroxyl groups excluding tert-OH is 2. The van der Waals surface area contributed by atoms with E-state index in [0.29, 0.717) is 24.7 Å². The number of rotatable bonds is 7. The molecule has 1 fully saturated rings. The number of anilines is 1. The van der Waals surface area contributed by atoms with Crippen LogP contribution in [0.15, 0.2) is 42.5 Å². The lowest BCUT2D eigenvalue weighted by atomic mass is 9.92. The van der Waals surface area contributed by atoms with E-state index in [-0.39, 0.29) is 56.2 Å². The Morgan fingerprint density at radius 1 is 0.810 bits per heavy atom. The summed E-state index contributed by atoms with van der Waals surface area (Å²) in [6.45, 7) is 4.26. The highest BCUT2D eigenvalue weighted by Gasteiger charge is 2.41. The van der Waals surface area contributed by atoms with Gasteiger partial charge in [-0.3, -0.25) is 4.79 Å². The van der Waals surface area contributed by atoms with Gasteiger partial charge in [0.05, 0.1) is 11.1 Å². The van der Waals surface area contributed by atoms with Crippen LogP contribution in [0, 0.1) is 0 Å². The number of carbonyl (C=O) groups is 1. The molecule has 0 aromatic heterocycles. The normalized spacial score (nSPS) is 16.0. The molecule has 0 bridgehead atoms. The molecule has 1 aliphatic rings. The van der Waals surface area contributed by atoms with Gasteiger partial charge in [0.2, 0.25) is 5.91 Å². The van der Waals surface area contributed by atoms with Gasteiger partial charge in [0.1, 0.15) is 0 Å². The Bertz CT molecular complexity index is 1140. The summed E-state index contributed by atoms with van der Waals surface area (Å²) in [5.74, 6) is -0.647. The van der Waals surface area contributed by atoms with Crippen molar-refractivity contribution in [2.75, 3.05) is 37.7 Å². The van der Waals surface area contributed by atoms with E-state index in [1.807, 2.05) is 6.92 Å². The average Bonchev–Trinajstić information content (AvgIpc) is 2.94. The summed E-state index contributed by atoms with van der Waals surface area (Å²) in [7, 11) is 0. The average molecular weight is 617 g/mol. The third-order valence-electron chi connectivity index (χ3n) is 6.74. The van der Waals surface area contributed by atoms with Crippen LogP contribution < -0.4 is 4.90 Å². The van der Waals surface area contributed by atoms with Gasteiger partial charge in [0, 0.05) is 44.9 Å². The van der Waals surface area contributed by atoms with Gasteiger partial charge in [-0.2, -0.15) is 39.5 Å².